The lowest BCUT2D eigenvalue weighted by molar-refractivity contribution is -0.146. The van der Waals surface area contributed by atoms with Gasteiger partial charge in [0.1, 0.15) is 0 Å². The molecule has 1 N–H and O–H groups in total. The van der Waals surface area contributed by atoms with Gasteiger partial charge in [-0.2, -0.15) is 0 Å². The van der Waals surface area contributed by atoms with Crippen molar-refractivity contribution in [1.82, 2.24) is 9.80 Å². The molecule has 2 amide bonds. The molecule has 0 saturated carbocycles. The molecule has 5 heteroatoms. The van der Waals surface area contributed by atoms with Gasteiger partial charge in [0.25, 0.3) is 0 Å². The Kier molecular flexibility index (Phi) is 3.33. The highest BCUT2D eigenvalue weighted by Gasteiger charge is 2.36. The molecule has 1 fully saturated rings. The average molecular weight is 200 g/mol. The van der Waals surface area contributed by atoms with Crippen LogP contribution >= 0.6 is 0 Å². The lowest BCUT2D eigenvalue weighted by Crippen LogP contribution is -2.56. The zero-order valence-electron chi connectivity index (χ0n) is 8.56. The van der Waals surface area contributed by atoms with E-state index in [-0.39, 0.29) is 11.9 Å². The van der Waals surface area contributed by atoms with E-state index in [1.807, 2.05) is 6.92 Å². The van der Waals surface area contributed by atoms with Gasteiger partial charge >= 0.3 is 12.0 Å². The molecule has 0 spiro atoms. The zero-order valence-corrected chi connectivity index (χ0v) is 8.56. The molecule has 0 aromatic carbocycles. The second kappa shape index (κ2) is 4.30. The first-order chi connectivity index (χ1) is 6.56. The van der Waals surface area contributed by atoms with Gasteiger partial charge in [0.2, 0.25) is 0 Å². The highest BCUT2D eigenvalue weighted by Crippen LogP contribution is 2.16. The largest absolute Gasteiger partial charge is 0.481 e. The Labute approximate surface area is 83.3 Å². The number of nitrogens with zero attached hydrogens (tertiary/aromatic N) is 2. The Hall–Kier alpha value is -1.26. The van der Waals surface area contributed by atoms with Gasteiger partial charge in [-0.25, -0.2) is 4.79 Å². The summed E-state index contributed by atoms with van der Waals surface area (Å²) in [5.41, 5.74) is 0. The van der Waals surface area contributed by atoms with Crippen LogP contribution in [0.3, 0.4) is 0 Å². The van der Waals surface area contributed by atoms with Crippen LogP contribution < -0.4 is 0 Å². The SMILES string of the molecule is CCCN(C)C(=O)N1CC(C(=O)O)C1. The van der Waals surface area contributed by atoms with Crippen LogP contribution in [0.25, 0.3) is 0 Å². The molecule has 0 bridgehead atoms. The summed E-state index contributed by atoms with van der Waals surface area (Å²) in [4.78, 5) is 25.2. The minimum atomic E-state index is -0.813. The molecule has 1 rings (SSSR count). The summed E-state index contributed by atoms with van der Waals surface area (Å²) in [6.07, 6.45) is 0.915. The Morgan fingerprint density at radius 2 is 2.07 bits per heavy atom. The van der Waals surface area contributed by atoms with Gasteiger partial charge in [0.15, 0.2) is 0 Å². The molecule has 0 aromatic rings. The number of rotatable bonds is 3. The molecular weight excluding hydrogens is 184 g/mol. The number of likely N-dealkylation sites (tertiary alicyclic amines) is 1. The van der Waals surface area contributed by atoms with Gasteiger partial charge in [-0.15, -0.1) is 0 Å². The van der Waals surface area contributed by atoms with Crippen molar-refractivity contribution in [2.75, 3.05) is 26.7 Å². The van der Waals surface area contributed by atoms with Crippen LogP contribution in [-0.2, 0) is 4.79 Å². The second-order valence-corrected chi connectivity index (χ2v) is 3.64. The van der Waals surface area contributed by atoms with E-state index < -0.39 is 5.97 Å². The Balaban J connectivity index is 2.32. The van der Waals surface area contributed by atoms with E-state index in [0.717, 1.165) is 6.42 Å². The van der Waals surface area contributed by atoms with E-state index in [1.54, 1.807) is 16.8 Å². The smallest absolute Gasteiger partial charge is 0.319 e. The lowest BCUT2D eigenvalue weighted by Gasteiger charge is -2.38. The van der Waals surface area contributed by atoms with Crippen LogP contribution in [0.4, 0.5) is 4.79 Å². The van der Waals surface area contributed by atoms with Crippen molar-refractivity contribution in [1.29, 1.82) is 0 Å². The monoisotopic (exact) mass is 200 g/mol. The van der Waals surface area contributed by atoms with Gasteiger partial charge in [-0.1, -0.05) is 6.92 Å². The van der Waals surface area contributed by atoms with Gasteiger partial charge < -0.3 is 14.9 Å². The maximum atomic E-state index is 11.5. The maximum Gasteiger partial charge on any atom is 0.319 e. The first kappa shape index (κ1) is 10.8. The third-order valence-electron chi connectivity index (χ3n) is 2.39. The average Bonchev–Trinajstić information content (AvgIpc) is 2.00. The molecule has 1 aliphatic rings. The number of hydrogen-bond donors (Lipinski definition) is 1. The fourth-order valence-electron chi connectivity index (χ4n) is 1.46. The number of carbonyl (C=O) groups is 2. The molecule has 0 atom stereocenters. The topological polar surface area (TPSA) is 60.9 Å². The van der Waals surface area contributed by atoms with E-state index in [0.29, 0.717) is 19.6 Å². The lowest BCUT2D eigenvalue weighted by atomic mass is 10.0. The van der Waals surface area contributed by atoms with Crippen LogP contribution in [0.2, 0.25) is 0 Å². The summed E-state index contributed by atoms with van der Waals surface area (Å²) in [6, 6.07) is -0.0654. The minimum Gasteiger partial charge on any atom is -0.481 e. The summed E-state index contributed by atoms with van der Waals surface area (Å²) in [5.74, 6) is -1.18. The van der Waals surface area contributed by atoms with E-state index in [9.17, 15) is 9.59 Å². The standard InChI is InChI=1S/C9H16N2O3/c1-3-4-10(2)9(14)11-5-7(6-11)8(12)13/h7H,3-6H2,1-2H3,(H,12,13). The molecule has 1 heterocycles. The predicted octanol–water partition coefficient (Wildman–Crippen LogP) is 0.465. The summed E-state index contributed by atoms with van der Waals surface area (Å²) in [6.45, 7) is 3.41. The van der Waals surface area contributed by atoms with Crippen molar-refractivity contribution in [3.05, 3.63) is 0 Å². The number of aliphatic carboxylic acids is 1. The van der Waals surface area contributed by atoms with Gasteiger partial charge in [-0.05, 0) is 6.42 Å². The fraction of sp³-hybridized carbons (Fsp3) is 0.778. The molecule has 80 valence electrons. The summed E-state index contributed by atoms with van der Waals surface area (Å²) in [7, 11) is 1.74. The van der Waals surface area contributed by atoms with E-state index in [4.69, 9.17) is 5.11 Å². The van der Waals surface area contributed by atoms with Crippen molar-refractivity contribution >= 4 is 12.0 Å². The molecule has 1 aliphatic heterocycles. The van der Waals surface area contributed by atoms with Crippen molar-refractivity contribution in [2.45, 2.75) is 13.3 Å². The van der Waals surface area contributed by atoms with Crippen LogP contribution in [-0.4, -0.2) is 53.6 Å². The maximum absolute atomic E-state index is 11.5. The molecular formula is C9H16N2O3. The highest BCUT2D eigenvalue weighted by atomic mass is 16.4. The quantitative estimate of drug-likeness (QED) is 0.720. The van der Waals surface area contributed by atoms with Crippen molar-refractivity contribution in [3.8, 4) is 0 Å². The van der Waals surface area contributed by atoms with Crippen molar-refractivity contribution < 1.29 is 14.7 Å². The number of urea groups is 1. The molecule has 0 unspecified atom stereocenters. The highest BCUT2D eigenvalue weighted by molar-refractivity contribution is 5.79. The first-order valence-electron chi connectivity index (χ1n) is 4.79. The van der Waals surface area contributed by atoms with E-state index in [2.05, 4.69) is 0 Å². The third-order valence-corrected chi connectivity index (χ3v) is 2.39. The molecule has 0 aromatic heterocycles. The van der Waals surface area contributed by atoms with E-state index in [1.165, 1.54) is 0 Å². The Morgan fingerprint density at radius 1 is 1.50 bits per heavy atom. The number of carbonyl (C=O) groups excluding carboxylic acids is 1. The minimum absolute atomic E-state index is 0.0654. The molecule has 14 heavy (non-hydrogen) atoms. The van der Waals surface area contributed by atoms with Crippen molar-refractivity contribution in [3.63, 3.8) is 0 Å². The summed E-state index contributed by atoms with van der Waals surface area (Å²) >= 11 is 0. The normalized spacial score (nSPS) is 16.3. The number of carboxylic acid groups (broad SMARTS) is 1. The second-order valence-electron chi connectivity index (χ2n) is 3.64. The third kappa shape index (κ3) is 2.16. The van der Waals surface area contributed by atoms with Crippen molar-refractivity contribution in [2.24, 2.45) is 5.92 Å². The van der Waals surface area contributed by atoms with Crippen LogP contribution in [0, 0.1) is 5.92 Å². The summed E-state index contributed by atoms with van der Waals surface area (Å²) < 4.78 is 0. The first-order valence-corrected chi connectivity index (χ1v) is 4.79. The number of carboxylic acids is 1. The number of amides is 2. The molecule has 5 nitrogen and oxygen atoms in total. The van der Waals surface area contributed by atoms with Crippen LogP contribution in [0.1, 0.15) is 13.3 Å². The van der Waals surface area contributed by atoms with Gasteiger partial charge in [-0.3, -0.25) is 4.79 Å². The summed E-state index contributed by atoms with van der Waals surface area (Å²) in [5, 5.41) is 8.62. The predicted molar refractivity (Wildman–Crippen MR) is 51.0 cm³/mol. The zero-order chi connectivity index (χ0) is 10.7. The van der Waals surface area contributed by atoms with Gasteiger partial charge in [0, 0.05) is 26.7 Å². The number of hydrogen-bond acceptors (Lipinski definition) is 2. The van der Waals surface area contributed by atoms with E-state index >= 15 is 0 Å². The van der Waals surface area contributed by atoms with Crippen LogP contribution in [0.5, 0.6) is 0 Å². The Bertz CT molecular complexity index is 236. The molecule has 0 aliphatic carbocycles. The molecule has 1 saturated heterocycles. The Morgan fingerprint density at radius 3 is 2.50 bits per heavy atom. The molecule has 0 radical (unpaired) electrons. The van der Waals surface area contributed by atoms with Gasteiger partial charge in [0.05, 0.1) is 5.92 Å². The fourth-order valence-corrected chi connectivity index (χ4v) is 1.46. The van der Waals surface area contributed by atoms with Crippen LogP contribution in [0.15, 0.2) is 0 Å².